The molecule has 3 aromatic rings. The number of piperidine rings is 1. The van der Waals surface area contributed by atoms with Crippen molar-refractivity contribution in [3.8, 4) is 10.8 Å². The SMILES string of the molecule is CSc1ccc(S(=O)(=O)N2CCC(C(=O)Nc3nnc(-c4cccs4)o3)CC2)cc1. The number of carbonyl (C=O) groups excluding carboxylic acids is 1. The van der Waals surface area contributed by atoms with E-state index in [1.54, 1.807) is 36.0 Å². The number of hydrogen-bond donors (Lipinski definition) is 1. The van der Waals surface area contributed by atoms with E-state index in [4.69, 9.17) is 4.42 Å². The standard InChI is InChI=1S/C19H20N4O4S3/c1-28-14-4-6-15(7-5-14)30(25,26)23-10-8-13(9-11-23)17(24)20-19-22-21-18(27-19)16-3-2-12-29-16/h2-7,12-13H,8-11H2,1H3,(H,20,22,24). The Morgan fingerprint density at radius 2 is 1.93 bits per heavy atom. The van der Waals surface area contributed by atoms with Gasteiger partial charge in [-0.2, -0.15) is 4.31 Å². The zero-order valence-corrected chi connectivity index (χ0v) is 18.6. The Balaban J connectivity index is 1.35. The van der Waals surface area contributed by atoms with Crippen LogP contribution in [0.4, 0.5) is 6.01 Å². The summed E-state index contributed by atoms with van der Waals surface area (Å²) >= 11 is 3.03. The average molecular weight is 465 g/mol. The van der Waals surface area contributed by atoms with Crippen LogP contribution < -0.4 is 5.32 Å². The van der Waals surface area contributed by atoms with Crippen molar-refractivity contribution in [2.45, 2.75) is 22.6 Å². The molecular weight excluding hydrogens is 444 g/mol. The van der Waals surface area contributed by atoms with Crippen LogP contribution in [0, 0.1) is 5.92 Å². The summed E-state index contributed by atoms with van der Waals surface area (Å²) in [7, 11) is -3.56. The molecule has 1 N–H and O–H groups in total. The highest BCUT2D eigenvalue weighted by molar-refractivity contribution is 7.98. The highest BCUT2D eigenvalue weighted by Crippen LogP contribution is 2.27. The lowest BCUT2D eigenvalue weighted by atomic mass is 9.97. The maximum atomic E-state index is 12.9. The van der Waals surface area contributed by atoms with Crippen LogP contribution in [0.5, 0.6) is 0 Å². The number of amides is 1. The fourth-order valence-electron chi connectivity index (χ4n) is 3.24. The van der Waals surface area contributed by atoms with Crippen molar-refractivity contribution in [3.05, 3.63) is 41.8 Å². The lowest BCUT2D eigenvalue weighted by molar-refractivity contribution is -0.121. The van der Waals surface area contributed by atoms with Gasteiger partial charge in [-0.1, -0.05) is 11.2 Å². The van der Waals surface area contributed by atoms with E-state index >= 15 is 0 Å². The summed E-state index contributed by atoms with van der Waals surface area (Å²) in [5, 5.41) is 12.3. The number of anilines is 1. The number of nitrogens with one attached hydrogen (secondary N) is 1. The molecule has 0 radical (unpaired) electrons. The van der Waals surface area contributed by atoms with Gasteiger partial charge in [0.2, 0.25) is 15.9 Å². The highest BCUT2D eigenvalue weighted by atomic mass is 32.2. The minimum absolute atomic E-state index is 0.0485. The van der Waals surface area contributed by atoms with Crippen LogP contribution in [0.15, 0.2) is 56.0 Å². The summed E-state index contributed by atoms with van der Waals surface area (Å²) in [5.41, 5.74) is 0. The lowest BCUT2D eigenvalue weighted by Crippen LogP contribution is -2.41. The quantitative estimate of drug-likeness (QED) is 0.556. The fourth-order valence-corrected chi connectivity index (χ4v) is 5.76. The van der Waals surface area contributed by atoms with E-state index in [2.05, 4.69) is 15.5 Å². The first-order valence-electron chi connectivity index (χ1n) is 9.30. The zero-order valence-electron chi connectivity index (χ0n) is 16.1. The molecule has 1 aromatic carbocycles. The molecule has 4 rings (SSSR count). The molecule has 3 heterocycles. The number of aromatic nitrogens is 2. The van der Waals surface area contributed by atoms with E-state index in [-0.39, 0.29) is 35.8 Å². The Labute approximate surface area is 182 Å². The second-order valence-corrected chi connectivity index (χ2v) is 10.5. The molecule has 1 saturated heterocycles. The summed E-state index contributed by atoms with van der Waals surface area (Å²) < 4.78 is 32.6. The number of thiophene rings is 1. The molecule has 1 aliphatic rings. The molecule has 1 aliphatic heterocycles. The van der Waals surface area contributed by atoms with Gasteiger partial charge in [0.15, 0.2) is 0 Å². The van der Waals surface area contributed by atoms with Crippen molar-refractivity contribution < 1.29 is 17.6 Å². The second kappa shape index (κ2) is 8.88. The maximum absolute atomic E-state index is 12.9. The van der Waals surface area contributed by atoms with Gasteiger partial charge >= 0.3 is 6.01 Å². The van der Waals surface area contributed by atoms with Gasteiger partial charge in [-0.05, 0) is 54.8 Å². The van der Waals surface area contributed by atoms with E-state index in [0.29, 0.717) is 18.7 Å². The highest BCUT2D eigenvalue weighted by Gasteiger charge is 2.32. The third-order valence-corrected chi connectivity index (χ3v) is 8.42. The minimum atomic E-state index is -3.56. The lowest BCUT2D eigenvalue weighted by Gasteiger charge is -2.30. The smallest absolute Gasteiger partial charge is 0.322 e. The predicted octanol–water partition coefficient (Wildman–Crippen LogP) is 3.56. The molecule has 0 unspecified atom stereocenters. The molecule has 2 aromatic heterocycles. The van der Waals surface area contributed by atoms with Gasteiger partial charge in [0.05, 0.1) is 9.77 Å². The van der Waals surface area contributed by atoms with Gasteiger partial charge in [-0.25, -0.2) is 8.42 Å². The molecule has 0 spiro atoms. The number of thioether (sulfide) groups is 1. The summed E-state index contributed by atoms with van der Waals surface area (Å²) in [6.45, 7) is 0.573. The van der Waals surface area contributed by atoms with Crippen molar-refractivity contribution in [2.75, 3.05) is 24.7 Å². The van der Waals surface area contributed by atoms with Gasteiger partial charge < -0.3 is 4.42 Å². The molecule has 8 nitrogen and oxygen atoms in total. The fraction of sp³-hybridized carbons (Fsp3) is 0.316. The van der Waals surface area contributed by atoms with E-state index < -0.39 is 10.0 Å². The van der Waals surface area contributed by atoms with Crippen LogP contribution in [-0.2, 0) is 14.8 Å². The Morgan fingerprint density at radius 1 is 1.20 bits per heavy atom. The van der Waals surface area contributed by atoms with E-state index in [9.17, 15) is 13.2 Å². The van der Waals surface area contributed by atoms with Crippen LogP contribution in [0.25, 0.3) is 10.8 Å². The Kier molecular flexibility index (Phi) is 6.23. The second-order valence-electron chi connectivity index (χ2n) is 6.73. The first-order valence-corrected chi connectivity index (χ1v) is 12.8. The molecule has 0 atom stereocenters. The number of benzene rings is 1. The van der Waals surface area contributed by atoms with Crippen LogP contribution in [0.3, 0.4) is 0 Å². The topological polar surface area (TPSA) is 105 Å². The summed E-state index contributed by atoms with van der Waals surface area (Å²) in [6, 6.07) is 10.6. The van der Waals surface area contributed by atoms with Crippen molar-refractivity contribution in [1.29, 1.82) is 0 Å². The Morgan fingerprint density at radius 3 is 2.57 bits per heavy atom. The van der Waals surface area contributed by atoms with Crippen LogP contribution in [0.1, 0.15) is 12.8 Å². The molecule has 0 bridgehead atoms. The Hall–Kier alpha value is -2.21. The first-order chi connectivity index (χ1) is 14.5. The van der Waals surface area contributed by atoms with Crippen LogP contribution in [-0.4, -0.2) is 48.2 Å². The largest absolute Gasteiger partial charge is 0.402 e. The molecule has 0 saturated carbocycles. The first kappa shape index (κ1) is 21.0. The molecule has 1 amide bonds. The molecule has 0 aliphatic carbocycles. The van der Waals surface area contributed by atoms with Gasteiger partial charge in [0.25, 0.3) is 5.89 Å². The molecular formula is C19H20N4O4S3. The number of carbonyl (C=O) groups is 1. The summed E-state index contributed by atoms with van der Waals surface area (Å²) in [4.78, 5) is 14.7. The number of rotatable bonds is 6. The van der Waals surface area contributed by atoms with Gasteiger partial charge in [0, 0.05) is 23.9 Å². The van der Waals surface area contributed by atoms with E-state index in [1.807, 2.05) is 23.8 Å². The monoisotopic (exact) mass is 464 g/mol. The molecule has 30 heavy (non-hydrogen) atoms. The third-order valence-electron chi connectivity index (χ3n) is 4.91. The molecule has 11 heteroatoms. The van der Waals surface area contributed by atoms with Gasteiger partial charge in [-0.3, -0.25) is 10.1 Å². The van der Waals surface area contributed by atoms with Crippen molar-refractivity contribution >= 4 is 45.0 Å². The van der Waals surface area contributed by atoms with E-state index in [0.717, 1.165) is 9.77 Å². The zero-order chi connectivity index (χ0) is 21.1. The normalized spacial score (nSPS) is 15.9. The van der Waals surface area contributed by atoms with Crippen molar-refractivity contribution in [3.63, 3.8) is 0 Å². The maximum Gasteiger partial charge on any atom is 0.322 e. The van der Waals surface area contributed by atoms with Crippen molar-refractivity contribution in [2.24, 2.45) is 5.92 Å². The summed E-state index contributed by atoms with van der Waals surface area (Å²) in [5.74, 6) is -0.195. The minimum Gasteiger partial charge on any atom is -0.402 e. The molecule has 158 valence electrons. The number of hydrogen-bond acceptors (Lipinski definition) is 8. The summed E-state index contributed by atoms with van der Waals surface area (Å²) in [6.07, 6.45) is 2.80. The third kappa shape index (κ3) is 4.43. The number of sulfonamides is 1. The predicted molar refractivity (Wildman–Crippen MR) is 116 cm³/mol. The average Bonchev–Trinajstić information content (AvgIpc) is 3.46. The Bertz CT molecular complexity index is 1100. The van der Waals surface area contributed by atoms with Gasteiger partial charge in [0.1, 0.15) is 0 Å². The van der Waals surface area contributed by atoms with Gasteiger partial charge in [-0.15, -0.1) is 28.2 Å². The van der Waals surface area contributed by atoms with Crippen molar-refractivity contribution in [1.82, 2.24) is 14.5 Å². The number of nitrogens with zero attached hydrogens (tertiary/aromatic N) is 3. The van der Waals surface area contributed by atoms with Crippen LogP contribution >= 0.6 is 23.1 Å². The molecule has 1 fully saturated rings. The van der Waals surface area contributed by atoms with E-state index in [1.165, 1.54) is 15.6 Å². The van der Waals surface area contributed by atoms with Crippen LogP contribution in [0.2, 0.25) is 0 Å².